The number of halogens is 1. The van der Waals surface area contributed by atoms with Crippen LogP contribution in [0.1, 0.15) is 25.0 Å². The van der Waals surface area contributed by atoms with Gasteiger partial charge in [-0.2, -0.15) is 5.26 Å². The number of aliphatic hydroxyl groups is 1. The highest BCUT2D eigenvalue weighted by molar-refractivity contribution is 5.37. The number of aliphatic hydroxyl groups excluding tert-OH is 1. The standard InChI is InChI=1S/C13H17FN2O/c1-13(2,9-17)8-16-7-11-5-12(14)4-3-10(11)6-15/h3-5,16-17H,7-9H2,1-2H3. The molecule has 0 amide bonds. The fraction of sp³-hybridized carbons (Fsp3) is 0.462. The first-order valence-corrected chi connectivity index (χ1v) is 5.48. The van der Waals surface area contributed by atoms with E-state index < -0.39 is 0 Å². The van der Waals surface area contributed by atoms with E-state index in [-0.39, 0.29) is 17.8 Å². The smallest absolute Gasteiger partial charge is 0.123 e. The van der Waals surface area contributed by atoms with Gasteiger partial charge in [-0.05, 0) is 23.8 Å². The SMILES string of the molecule is CC(C)(CO)CNCc1cc(F)ccc1C#N. The summed E-state index contributed by atoms with van der Waals surface area (Å²) in [7, 11) is 0. The van der Waals surface area contributed by atoms with E-state index in [0.717, 1.165) is 0 Å². The molecule has 1 aromatic rings. The summed E-state index contributed by atoms with van der Waals surface area (Å²) in [6.45, 7) is 4.96. The predicted molar refractivity (Wildman–Crippen MR) is 63.7 cm³/mol. The van der Waals surface area contributed by atoms with E-state index in [2.05, 4.69) is 5.32 Å². The first kappa shape index (κ1) is 13.6. The Bertz CT molecular complexity index is 424. The van der Waals surface area contributed by atoms with Gasteiger partial charge in [0.15, 0.2) is 0 Å². The highest BCUT2D eigenvalue weighted by Gasteiger charge is 2.15. The molecule has 0 saturated carbocycles. The lowest BCUT2D eigenvalue weighted by Crippen LogP contribution is -2.32. The zero-order valence-corrected chi connectivity index (χ0v) is 10.1. The number of nitrogens with zero attached hydrogens (tertiary/aromatic N) is 1. The van der Waals surface area contributed by atoms with Crippen LogP contribution in [0, 0.1) is 22.6 Å². The zero-order chi connectivity index (χ0) is 12.9. The topological polar surface area (TPSA) is 56.0 Å². The molecule has 0 aliphatic rings. The molecule has 0 aliphatic heterocycles. The van der Waals surface area contributed by atoms with Gasteiger partial charge in [0.2, 0.25) is 0 Å². The van der Waals surface area contributed by atoms with Crippen molar-refractivity contribution in [1.82, 2.24) is 5.32 Å². The molecule has 3 nitrogen and oxygen atoms in total. The molecule has 0 fully saturated rings. The summed E-state index contributed by atoms with van der Waals surface area (Å²) in [5.74, 6) is -0.345. The van der Waals surface area contributed by atoms with Crippen molar-refractivity contribution >= 4 is 0 Å². The van der Waals surface area contributed by atoms with Gasteiger partial charge < -0.3 is 10.4 Å². The lowest BCUT2D eigenvalue weighted by atomic mass is 9.95. The Morgan fingerprint density at radius 1 is 1.47 bits per heavy atom. The van der Waals surface area contributed by atoms with Crippen LogP contribution < -0.4 is 5.32 Å². The monoisotopic (exact) mass is 236 g/mol. The summed E-state index contributed by atoms with van der Waals surface area (Å²) >= 11 is 0. The van der Waals surface area contributed by atoms with E-state index in [9.17, 15) is 4.39 Å². The number of benzene rings is 1. The van der Waals surface area contributed by atoms with Crippen molar-refractivity contribution in [3.05, 3.63) is 35.1 Å². The van der Waals surface area contributed by atoms with E-state index >= 15 is 0 Å². The molecule has 17 heavy (non-hydrogen) atoms. The second-order valence-electron chi connectivity index (χ2n) is 4.84. The van der Waals surface area contributed by atoms with Gasteiger partial charge in [0.05, 0.1) is 11.6 Å². The van der Waals surface area contributed by atoms with Crippen molar-refractivity contribution in [2.45, 2.75) is 20.4 Å². The van der Waals surface area contributed by atoms with Gasteiger partial charge in [0.25, 0.3) is 0 Å². The second kappa shape index (κ2) is 5.76. The van der Waals surface area contributed by atoms with E-state index in [1.54, 1.807) is 0 Å². The average molecular weight is 236 g/mol. The van der Waals surface area contributed by atoms with Crippen LogP contribution in [0.25, 0.3) is 0 Å². The van der Waals surface area contributed by atoms with Crippen molar-refractivity contribution in [2.75, 3.05) is 13.2 Å². The third-order valence-corrected chi connectivity index (χ3v) is 2.53. The molecular weight excluding hydrogens is 219 g/mol. The Hall–Kier alpha value is -1.44. The van der Waals surface area contributed by atoms with Crippen molar-refractivity contribution in [1.29, 1.82) is 5.26 Å². The minimum absolute atomic E-state index is 0.0776. The number of rotatable bonds is 5. The second-order valence-corrected chi connectivity index (χ2v) is 4.84. The van der Waals surface area contributed by atoms with Crippen LogP contribution >= 0.6 is 0 Å². The third kappa shape index (κ3) is 4.14. The Morgan fingerprint density at radius 2 is 2.18 bits per heavy atom. The third-order valence-electron chi connectivity index (χ3n) is 2.53. The summed E-state index contributed by atoms with van der Waals surface area (Å²) in [5.41, 5.74) is 0.891. The van der Waals surface area contributed by atoms with Crippen LogP contribution in [0.5, 0.6) is 0 Å². The maximum atomic E-state index is 13.0. The molecular formula is C13H17FN2O. The molecule has 0 heterocycles. The maximum Gasteiger partial charge on any atom is 0.123 e. The normalized spacial score (nSPS) is 11.2. The molecule has 2 N–H and O–H groups in total. The van der Waals surface area contributed by atoms with Gasteiger partial charge in [-0.1, -0.05) is 13.8 Å². The fourth-order valence-electron chi connectivity index (χ4n) is 1.41. The van der Waals surface area contributed by atoms with Crippen LogP contribution in [0.15, 0.2) is 18.2 Å². The molecule has 1 rings (SSSR count). The van der Waals surface area contributed by atoms with Crippen molar-refractivity contribution < 1.29 is 9.50 Å². The number of nitriles is 1. The molecule has 0 aromatic heterocycles. The maximum absolute atomic E-state index is 13.0. The quantitative estimate of drug-likeness (QED) is 0.819. The Kier molecular flexibility index (Phi) is 4.62. The van der Waals surface area contributed by atoms with Crippen LogP contribution in [0.4, 0.5) is 4.39 Å². The first-order chi connectivity index (χ1) is 7.98. The average Bonchev–Trinajstić information content (AvgIpc) is 2.29. The Labute approximate surface area is 101 Å². The van der Waals surface area contributed by atoms with E-state index in [4.69, 9.17) is 10.4 Å². The molecule has 0 bridgehead atoms. The lowest BCUT2D eigenvalue weighted by Gasteiger charge is -2.22. The summed E-state index contributed by atoms with van der Waals surface area (Å²) < 4.78 is 13.0. The molecule has 1 aromatic carbocycles. The summed E-state index contributed by atoms with van der Waals surface area (Å²) in [6, 6.07) is 6.14. The fourth-order valence-corrected chi connectivity index (χ4v) is 1.41. The van der Waals surface area contributed by atoms with Gasteiger partial charge >= 0.3 is 0 Å². The van der Waals surface area contributed by atoms with Crippen LogP contribution in [0.2, 0.25) is 0 Å². The molecule has 0 unspecified atom stereocenters. The summed E-state index contributed by atoms with van der Waals surface area (Å²) in [6.07, 6.45) is 0. The van der Waals surface area contributed by atoms with E-state index in [0.29, 0.717) is 24.2 Å². The minimum atomic E-state index is -0.345. The van der Waals surface area contributed by atoms with Crippen LogP contribution in [-0.2, 0) is 6.54 Å². The van der Waals surface area contributed by atoms with E-state index in [1.807, 2.05) is 19.9 Å². The molecule has 0 atom stereocenters. The minimum Gasteiger partial charge on any atom is -0.396 e. The summed E-state index contributed by atoms with van der Waals surface area (Å²) in [4.78, 5) is 0. The van der Waals surface area contributed by atoms with Crippen molar-refractivity contribution in [3.63, 3.8) is 0 Å². The van der Waals surface area contributed by atoms with Crippen molar-refractivity contribution in [2.24, 2.45) is 5.41 Å². The molecule has 0 aliphatic carbocycles. The van der Waals surface area contributed by atoms with Gasteiger partial charge in [-0.25, -0.2) is 4.39 Å². The van der Waals surface area contributed by atoms with Crippen LogP contribution in [-0.4, -0.2) is 18.3 Å². The Balaban J connectivity index is 2.64. The molecule has 0 spiro atoms. The van der Waals surface area contributed by atoms with Gasteiger partial charge in [-0.3, -0.25) is 0 Å². The van der Waals surface area contributed by atoms with Crippen molar-refractivity contribution in [3.8, 4) is 6.07 Å². The molecule has 0 radical (unpaired) electrons. The highest BCUT2D eigenvalue weighted by Crippen LogP contribution is 2.13. The number of hydrogen-bond donors (Lipinski definition) is 2. The van der Waals surface area contributed by atoms with Gasteiger partial charge in [0.1, 0.15) is 5.82 Å². The van der Waals surface area contributed by atoms with Gasteiger partial charge in [0, 0.05) is 25.1 Å². The predicted octanol–water partition coefficient (Wildman–Crippen LogP) is 1.81. The molecule has 0 saturated heterocycles. The molecule has 92 valence electrons. The molecule has 4 heteroatoms. The summed E-state index contributed by atoms with van der Waals surface area (Å²) in [5, 5.41) is 21.1. The first-order valence-electron chi connectivity index (χ1n) is 5.48. The zero-order valence-electron chi connectivity index (χ0n) is 10.1. The van der Waals surface area contributed by atoms with E-state index in [1.165, 1.54) is 18.2 Å². The largest absolute Gasteiger partial charge is 0.396 e. The van der Waals surface area contributed by atoms with Gasteiger partial charge in [-0.15, -0.1) is 0 Å². The Morgan fingerprint density at radius 3 is 2.76 bits per heavy atom. The highest BCUT2D eigenvalue weighted by atomic mass is 19.1. The van der Waals surface area contributed by atoms with Crippen LogP contribution in [0.3, 0.4) is 0 Å². The lowest BCUT2D eigenvalue weighted by molar-refractivity contribution is 0.156. The number of hydrogen-bond acceptors (Lipinski definition) is 3. The number of nitrogens with one attached hydrogen (secondary N) is 1.